The Balaban J connectivity index is 2.24. The minimum atomic E-state index is 1.29. The highest BCUT2D eigenvalue weighted by molar-refractivity contribution is 6.22. The highest BCUT2D eigenvalue weighted by Crippen LogP contribution is 2.39. The van der Waals surface area contributed by atoms with Gasteiger partial charge in [0, 0.05) is 0 Å². The molecule has 90 valence electrons. The zero-order valence-corrected chi connectivity index (χ0v) is 10.5. The standard InChI is InChI=1S/C19H13/c1-2-8-14(9-3-1)19-17-12-6-4-10-15(17)16-11-5-7-13-18(16)19/h1-13H/q-1. The first-order chi connectivity index (χ1) is 9.45. The number of hydrogen-bond acceptors (Lipinski definition) is 0. The smallest absolute Gasteiger partial charge is 0.0514 e. The van der Waals surface area contributed by atoms with Crippen LogP contribution in [0, 0.1) is 0 Å². The van der Waals surface area contributed by atoms with Crippen LogP contribution in [-0.2, 0) is 0 Å². The summed E-state index contributed by atoms with van der Waals surface area (Å²) in [5.74, 6) is 0. The minimum absolute atomic E-state index is 1.29. The molecule has 0 bridgehead atoms. The summed E-state index contributed by atoms with van der Waals surface area (Å²) in [7, 11) is 0. The molecule has 0 spiro atoms. The molecular weight excluding hydrogens is 228 g/mol. The Kier molecular flexibility index (Phi) is 2.22. The van der Waals surface area contributed by atoms with Crippen molar-refractivity contribution in [2.45, 2.75) is 0 Å². The summed E-state index contributed by atoms with van der Waals surface area (Å²) >= 11 is 0. The lowest BCUT2D eigenvalue weighted by atomic mass is 10.0. The number of hydrogen-bond donors (Lipinski definition) is 0. The molecule has 0 heteroatoms. The molecule has 0 amide bonds. The maximum Gasteiger partial charge on any atom is -0.0514 e. The van der Waals surface area contributed by atoms with E-state index in [1.807, 2.05) is 0 Å². The van der Waals surface area contributed by atoms with Crippen molar-refractivity contribution in [1.29, 1.82) is 0 Å². The van der Waals surface area contributed by atoms with Crippen LogP contribution in [0.3, 0.4) is 0 Å². The van der Waals surface area contributed by atoms with Crippen molar-refractivity contribution in [2.75, 3.05) is 0 Å². The van der Waals surface area contributed by atoms with Gasteiger partial charge < -0.3 is 0 Å². The van der Waals surface area contributed by atoms with Crippen LogP contribution in [0.2, 0.25) is 0 Å². The van der Waals surface area contributed by atoms with Crippen LogP contribution in [0.5, 0.6) is 0 Å². The Morgan fingerprint density at radius 1 is 0.579 bits per heavy atom. The van der Waals surface area contributed by atoms with Crippen molar-refractivity contribution in [1.82, 2.24) is 0 Å². The van der Waals surface area contributed by atoms with Crippen LogP contribution in [0.15, 0.2) is 78.9 Å². The quantitative estimate of drug-likeness (QED) is 0.392. The molecule has 19 heavy (non-hydrogen) atoms. The van der Waals surface area contributed by atoms with Gasteiger partial charge in [-0.05, 0) is 0 Å². The van der Waals surface area contributed by atoms with E-state index in [9.17, 15) is 0 Å². The van der Waals surface area contributed by atoms with E-state index in [-0.39, 0.29) is 0 Å². The zero-order valence-electron chi connectivity index (χ0n) is 10.5. The van der Waals surface area contributed by atoms with Gasteiger partial charge >= 0.3 is 0 Å². The SMILES string of the molecule is c1ccc(-c2c3ccccc3[c-]3ccccc23)cc1. The fourth-order valence-electron chi connectivity index (χ4n) is 2.93. The van der Waals surface area contributed by atoms with E-state index >= 15 is 0 Å². The normalized spacial score (nSPS) is 11.2. The van der Waals surface area contributed by atoms with E-state index < -0.39 is 0 Å². The van der Waals surface area contributed by atoms with Crippen LogP contribution in [0.25, 0.3) is 32.7 Å². The summed E-state index contributed by atoms with van der Waals surface area (Å²) in [6.45, 7) is 0. The second-order valence-corrected chi connectivity index (χ2v) is 4.83. The molecular formula is C19H13-. The van der Waals surface area contributed by atoms with Crippen molar-refractivity contribution in [3.8, 4) is 11.1 Å². The average Bonchev–Trinajstić information content (AvgIpc) is 2.83. The van der Waals surface area contributed by atoms with Gasteiger partial charge in [0.25, 0.3) is 0 Å². The third kappa shape index (κ3) is 1.50. The van der Waals surface area contributed by atoms with E-state index in [2.05, 4.69) is 78.9 Å². The molecule has 0 aliphatic rings. The van der Waals surface area contributed by atoms with Gasteiger partial charge in [-0.25, -0.2) is 0 Å². The summed E-state index contributed by atoms with van der Waals surface area (Å²) in [4.78, 5) is 0. The van der Waals surface area contributed by atoms with Crippen LogP contribution in [0.1, 0.15) is 0 Å². The zero-order chi connectivity index (χ0) is 12.7. The van der Waals surface area contributed by atoms with E-state index in [1.165, 1.54) is 32.7 Å². The van der Waals surface area contributed by atoms with E-state index in [4.69, 9.17) is 0 Å². The number of benzene rings is 3. The van der Waals surface area contributed by atoms with Crippen LogP contribution >= 0.6 is 0 Å². The third-order valence-electron chi connectivity index (χ3n) is 3.75. The van der Waals surface area contributed by atoms with Gasteiger partial charge in [0.2, 0.25) is 0 Å². The molecule has 0 unspecified atom stereocenters. The minimum Gasteiger partial charge on any atom is -0.117 e. The van der Waals surface area contributed by atoms with Crippen molar-refractivity contribution >= 4 is 21.5 Å². The predicted octanol–water partition coefficient (Wildman–Crippen LogP) is 5.38. The van der Waals surface area contributed by atoms with Crippen LogP contribution in [-0.4, -0.2) is 0 Å². The molecule has 0 radical (unpaired) electrons. The lowest BCUT2D eigenvalue weighted by Crippen LogP contribution is -1.75. The van der Waals surface area contributed by atoms with E-state index in [1.54, 1.807) is 0 Å². The molecule has 4 rings (SSSR count). The van der Waals surface area contributed by atoms with Gasteiger partial charge in [-0.3, -0.25) is 0 Å². The van der Waals surface area contributed by atoms with Gasteiger partial charge in [0.1, 0.15) is 0 Å². The van der Waals surface area contributed by atoms with E-state index in [0.717, 1.165) is 0 Å². The predicted molar refractivity (Wildman–Crippen MR) is 82.5 cm³/mol. The summed E-state index contributed by atoms with van der Waals surface area (Å²) in [6, 6.07) is 28.0. The van der Waals surface area contributed by atoms with Crippen molar-refractivity contribution in [3.63, 3.8) is 0 Å². The molecule has 0 atom stereocenters. The number of fused-ring (bicyclic) bond motifs is 3. The van der Waals surface area contributed by atoms with Crippen LogP contribution < -0.4 is 0 Å². The molecule has 0 aromatic heterocycles. The van der Waals surface area contributed by atoms with Crippen molar-refractivity contribution in [3.05, 3.63) is 78.9 Å². The molecule has 0 fully saturated rings. The monoisotopic (exact) mass is 241 g/mol. The second kappa shape index (κ2) is 4.03. The highest BCUT2D eigenvalue weighted by Gasteiger charge is 2.05. The van der Waals surface area contributed by atoms with Crippen LogP contribution in [0.4, 0.5) is 0 Å². The fraction of sp³-hybridized carbons (Fsp3) is 0. The van der Waals surface area contributed by atoms with Gasteiger partial charge in [-0.2, -0.15) is 0 Å². The lowest BCUT2D eigenvalue weighted by Gasteiger charge is -2.06. The molecule has 0 nitrogen and oxygen atoms in total. The molecule has 0 N–H and O–H groups in total. The molecule has 0 aliphatic carbocycles. The fourth-order valence-corrected chi connectivity index (χ4v) is 2.93. The van der Waals surface area contributed by atoms with Crippen molar-refractivity contribution in [2.24, 2.45) is 0 Å². The van der Waals surface area contributed by atoms with E-state index in [0.29, 0.717) is 0 Å². The Labute approximate surface area is 112 Å². The molecule has 0 saturated carbocycles. The third-order valence-corrected chi connectivity index (χ3v) is 3.75. The van der Waals surface area contributed by atoms with Gasteiger partial charge in [0.05, 0.1) is 0 Å². The second-order valence-electron chi connectivity index (χ2n) is 4.83. The Bertz CT molecular complexity index is 798. The number of rotatable bonds is 1. The molecule has 0 saturated heterocycles. The van der Waals surface area contributed by atoms with Crippen molar-refractivity contribution < 1.29 is 0 Å². The topological polar surface area (TPSA) is 0 Å². The lowest BCUT2D eigenvalue weighted by molar-refractivity contribution is 1.69. The Hall–Kier alpha value is -2.47. The largest absolute Gasteiger partial charge is 0.117 e. The first-order valence-corrected chi connectivity index (χ1v) is 6.57. The summed E-state index contributed by atoms with van der Waals surface area (Å²) in [5.41, 5.74) is 2.65. The average molecular weight is 241 g/mol. The summed E-state index contributed by atoms with van der Waals surface area (Å²) in [6.07, 6.45) is 0. The first-order valence-electron chi connectivity index (χ1n) is 6.57. The van der Waals surface area contributed by atoms with Gasteiger partial charge in [-0.15, -0.1) is 30.3 Å². The highest BCUT2D eigenvalue weighted by atomic mass is 14.1. The Morgan fingerprint density at radius 2 is 1.26 bits per heavy atom. The van der Waals surface area contributed by atoms with Gasteiger partial charge in [-0.1, -0.05) is 81.2 Å². The molecule has 4 aromatic carbocycles. The molecule has 0 heterocycles. The molecule has 0 aliphatic heterocycles. The van der Waals surface area contributed by atoms with Gasteiger partial charge in [0.15, 0.2) is 0 Å². The maximum absolute atomic E-state index is 2.22. The molecule has 4 aromatic rings. The Morgan fingerprint density at radius 3 is 2.16 bits per heavy atom. The summed E-state index contributed by atoms with van der Waals surface area (Å²) < 4.78 is 0. The summed E-state index contributed by atoms with van der Waals surface area (Å²) in [5, 5.41) is 5.37. The maximum atomic E-state index is 2.22. The first kappa shape index (κ1) is 10.5.